The third kappa shape index (κ3) is 6.04. The highest BCUT2D eigenvalue weighted by atomic mass is 16.2. The molecule has 0 aromatic rings. The number of nitrogens with one attached hydrogen (secondary N) is 3. The zero-order valence-electron chi connectivity index (χ0n) is 18.9. The fourth-order valence-corrected chi connectivity index (χ4v) is 3.91. The molecule has 178 valence electrons. The van der Waals surface area contributed by atoms with E-state index in [1.165, 1.54) is 4.90 Å². The molecular weight excluding hydrogens is 418 g/mol. The van der Waals surface area contributed by atoms with E-state index in [-0.39, 0.29) is 36.5 Å². The first-order valence-corrected chi connectivity index (χ1v) is 11.0. The van der Waals surface area contributed by atoms with Crippen LogP contribution in [0.2, 0.25) is 0 Å². The summed E-state index contributed by atoms with van der Waals surface area (Å²) in [5, 5.41) is 7.31. The van der Waals surface area contributed by atoms with Crippen LogP contribution >= 0.6 is 0 Å². The van der Waals surface area contributed by atoms with Crippen molar-refractivity contribution in [1.29, 1.82) is 0 Å². The highest BCUT2D eigenvalue weighted by molar-refractivity contribution is 6.09. The molecule has 1 aliphatic carbocycles. The lowest BCUT2D eigenvalue weighted by Gasteiger charge is -2.27. The summed E-state index contributed by atoms with van der Waals surface area (Å²) < 4.78 is 0. The number of ketones is 1. The van der Waals surface area contributed by atoms with Crippen molar-refractivity contribution in [1.82, 2.24) is 20.9 Å². The van der Waals surface area contributed by atoms with Crippen LogP contribution in [0.4, 0.5) is 0 Å². The van der Waals surface area contributed by atoms with E-state index in [2.05, 4.69) is 16.0 Å². The van der Waals surface area contributed by atoms with Gasteiger partial charge >= 0.3 is 0 Å². The van der Waals surface area contributed by atoms with Crippen molar-refractivity contribution in [2.75, 3.05) is 19.6 Å². The van der Waals surface area contributed by atoms with Gasteiger partial charge in [0.15, 0.2) is 5.78 Å². The average Bonchev–Trinajstić information content (AvgIpc) is 3.19. The van der Waals surface area contributed by atoms with Crippen LogP contribution in [0.3, 0.4) is 0 Å². The summed E-state index contributed by atoms with van der Waals surface area (Å²) in [6.45, 7) is 5.35. The Morgan fingerprint density at radius 3 is 2.28 bits per heavy atom. The van der Waals surface area contributed by atoms with Crippen LogP contribution in [0, 0.1) is 11.8 Å². The molecule has 2 rings (SSSR count). The van der Waals surface area contributed by atoms with Gasteiger partial charge in [0.1, 0.15) is 11.6 Å². The molecule has 1 unspecified atom stereocenters. The fraction of sp³-hybridized carbons (Fsp3) is 0.714. The van der Waals surface area contributed by atoms with Gasteiger partial charge in [-0.3, -0.25) is 28.8 Å². The highest BCUT2D eigenvalue weighted by Crippen LogP contribution is 2.46. The van der Waals surface area contributed by atoms with Crippen LogP contribution in [-0.4, -0.2) is 71.4 Å². The van der Waals surface area contributed by atoms with Gasteiger partial charge in [-0.15, -0.1) is 0 Å². The number of rotatable bonds is 11. The van der Waals surface area contributed by atoms with E-state index in [0.717, 1.165) is 6.42 Å². The molecule has 32 heavy (non-hydrogen) atoms. The molecule has 11 heteroatoms. The molecule has 5 amide bonds. The van der Waals surface area contributed by atoms with E-state index in [0.29, 0.717) is 19.4 Å². The summed E-state index contributed by atoms with van der Waals surface area (Å²) in [6.07, 6.45) is 1.95. The molecule has 0 radical (unpaired) electrons. The first-order chi connectivity index (χ1) is 15.0. The van der Waals surface area contributed by atoms with Crippen molar-refractivity contribution in [3.8, 4) is 0 Å². The average molecular weight is 452 g/mol. The van der Waals surface area contributed by atoms with Gasteiger partial charge < -0.3 is 26.6 Å². The Morgan fingerprint density at radius 1 is 1.09 bits per heavy atom. The summed E-state index contributed by atoms with van der Waals surface area (Å²) in [4.78, 5) is 73.8. The van der Waals surface area contributed by atoms with Gasteiger partial charge in [-0.1, -0.05) is 27.2 Å². The number of carbonyl (C=O) groups excluding carboxylic acids is 6. The largest absolute Gasteiger partial charge is 0.370 e. The van der Waals surface area contributed by atoms with E-state index in [4.69, 9.17) is 5.73 Å². The minimum absolute atomic E-state index is 0.0236. The lowest BCUT2D eigenvalue weighted by molar-refractivity contribution is -0.140. The smallest absolute Gasteiger partial charge is 0.246 e. The molecule has 4 atom stereocenters. The zero-order valence-corrected chi connectivity index (χ0v) is 18.9. The van der Waals surface area contributed by atoms with Gasteiger partial charge in [0, 0.05) is 18.9 Å². The first-order valence-electron chi connectivity index (χ1n) is 11.0. The van der Waals surface area contributed by atoms with Crippen molar-refractivity contribution in [3.05, 3.63) is 0 Å². The van der Waals surface area contributed by atoms with Crippen molar-refractivity contribution in [3.63, 3.8) is 0 Å². The van der Waals surface area contributed by atoms with Gasteiger partial charge in [-0.05, 0) is 18.8 Å². The van der Waals surface area contributed by atoms with Gasteiger partial charge in [-0.25, -0.2) is 0 Å². The van der Waals surface area contributed by atoms with Crippen LogP contribution in [0.1, 0.15) is 52.9 Å². The molecule has 11 nitrogen and oxygen atoms in total. The predicted molar refractivity (Wildman–Crippen MR) is 114 cm³/mol. The van der Waals surface area contributed by atoms with Gasteiger partial charge in [0.2, 0.25) is 29.5 Å². The van der Waals surface area contributed by atoms with Crippen LogP contribution < -0.4 is 21.7 Å². The molecule has 5 N–H and O–H groups in total. The van der Waals surface area contributed by atoms with Crippen LogP contribution in [0.5, 0.6) is 0 Å². The lowest BCUT2D eigenvalue weighted by atomic mass is 9.93. The minimum atomic E-state index is -1.21. The Labute approximate surface area is 187 Å². The Kier molecular flexibility index (Phi) is 8.34. The summed E-state index contributed by atoms with van der Waals surface area (Å²) in [6, 6.07) is -1.21. The normalized spacial score (nSPS) is 22.1. The molecule has 0 aromatic carbocycles. The number of carbonyl (C=O) groups is 6. The highest BCUT2D eigenvalue weighted by Gasteiger charge is 2.62. The van der Waals surface area contributed by atoms with E-state index in [1.54, 1.807) is 6.92 Å². The van der Waals surface area contributed by atoms with Gasteiger partial charge in [-0.2, -0.15) is 0 Å². The number of likely N-dealkylation sites (tertiary alicyclic amines) is 1. The fourth-order valence-electron chi connectivity index (χ4n) is 3.91. The molecule has 1 saturated heterocycles. The van der Waals surface area contributed by atoms with Crippen molar-refractivity contribution in [2.45, 2.75) is 64.5 Å². The van der Waals surface area contributed by atoms with Crippen LogP contribution in [-0.2, 0) is 28.8 Å². The number of amides is 5. The van der Waals surface area contributed by atoms with Crippen molar-refractivity contribution >= 4 is 35.3 Å². The molecule has 1 heterocycles. The van der Waals surface area contributed by atoms with Crippen LogP contribution in [0.25, 0.3) is 0 Å². The van der Waals surface area contributed by atoms with E-state index < -0.39 is 48.2 Å². The van der Waals surface area contributed by atoms with E-state index in [1.807, 2.05) is 13.8 Å². The van der Waals surface area contributed by atoms with Crippen LogP contribution in [0.15, 0.2) is 0 Å². The number of Topliss-reactive ketones (excluding diaryl/α,β-unsaturated/α-hetero) is 1. The second-order valence-corrected chi connectivity index (χ2v) is 8.68. The number of hydrogen-bond acceptors (Lipinski definition) is 6. The third-order valence-corrected chi connectivity index (χ3v) is 6.42. The SMILES string of the molecule is CC[C@H](C)[C@H](C)C(=O)NCC(=O)NCC(=O)N[C@@H](CC(N)=O)C(=O)N1CCCC12CC2=O. The molecule has 1 aliphatic heterocycles. The molecule has 0 bridgehead atoms. The Bertz CT molecular complexity index is 800. The molecule has 2 fully saturated rings. The molecule has 2 aliphatic rings. The predicted octanol–water partition coefficient (Wildman–Crippen LogP) is -1.40. The number of nitrogens with zero attached hydrogens (tertiary/aromatic N) is 1. The zero-order chi connectivity index (χ0) is 24.1. The topological polar surface area (TPSA) is 168 Å². The number of primary amides is 1. The quantitative estimate of drug-likeness (QED) is 0.301. The Hall–Kier alpha value is -2.98. The maximum atomic E-state index is 12.9. The Balaban J connectivity index is 1.83. The summed E-state index contributed by atoms with van der Waals surface area (Å²) in [7, 11) is 0. The number of hydrogen-bond donors (Lipinski definition) is 4. The minimum Gasteiger partial charge on any atom is -0.370 e. The lowest BCUT2D eigenvalue weighted by Crippen LogP contribution is -2.54. The summed E-state index contributed by atoms with van der Waals surface area (Å²) in [5.74, 6) is -2.91. The number of nitrogens with two attached hydrogens (primary N) is 1. The monoisotopic (exact) mass is 451 g/mol. The second kappa shape index (κ2) is 10.6. The molecular formula is C21H33N5O6. The van der Waals surface area contributed by atoms with Crippen molar-refractivity contribution < 1.29 is 28.8 Å². The standard InChI is InChI=1S/C21H33N5O6/c1-4-12(2)13(3)19(31)24-10-17(29)23-11-18(30)25-14(8-16(22)28)20(32)26-7-5-6-21(26)9-15(21)27/h12-14H,4-11H2,1-3H3,(H2,22,28)(H,23,29)(H,24,31)(H,25,30)/t12-,13-,14-,21?/m0/s1. The summed E-state index contributed by atoms with van der Waals surface area (Å²) >= 11 is 0. The maximum Gasteiger partial charge on any atom is 0.246 e. The second-order valence-electron chi connectivity index (χ2n) is 8.68. The van der Waals surface area contributed by atoms with Crippen molar-refractivity contribution in [2.24, 2.45) is 17.6 Å². The van der Waals surface area contributed by atoms with E-state index >= 15 is 0 Å². The maximum absolute atomic E-state index is 12.9. The first kappa shape index (κ1) is 25.3. The van der Waals surface area contributed by atoms with E-state index in [9.17, 15) is 28.8 Å². The molecule has 0 aromatic heterocycles. The molecule has 1 spiro atoms. The van der Waals surface area contributed by atoms with Gasteiger partial charge in [0.25, 0.3) is 0 Å². The molecule has 1 saturated carbocycles. The Morgan fingerprint density at radius 2 is 1.72 bits per heavy atom. The summed E-state index contributed by atoms with van der Waals surface area (Å²) in [5.41, 5.74) is 4.43. The van der Waals surface area contributed by atoms with Gasteiger partial charge in [0.05, 0.1) is 19.5 Å². The third-order valence-electron chi connectivity index (χ3n) is 6.42.